The molecule has 23 heavy (non-hydrogen) atoms. The molecule has 2 aliphatic heterocycles. The van der Waals surface area contributed by atoms with E-state index < -0.39 is 5.97 Å². The van der Waals surface area contributed by atoms with E-state index in [4.69, 9.17) is 5.11 Å². The highest BCUT2D eigenvalue weighted by Crippen LogP contribution is 2.44. The van der Waals surface area contributed by atoms with Crippen LogP contribution < -0.4 is 0 Å². The molecule has 2 saturated heterocycles. The number of carbonyl (C=O) groups is 2. The first-order chi connectivity index (χ1) is 11.0. The van der Waals surface area contributed by atoms with Crippen LogP contribution in [0.1, 0.15) is 25.0 Å². The number of nitrogens with zero attached hydrogens (tertiary/aromatic N) is 3. The van der Waals surface area contributed by atoms with Crippen molar-refractivity contribution < 1.29 is 14.7 Å². The van der Waals surface area contributed by atoms with E-state index in [1.165, 1.54) is 0 Å². The summed E-state index contributed by atoms with van der Waals surface area (Å²) in [6.45, 7) is 1.43. The van der Waals surface area contributed by atoms with Crippen LogP contribution in [0.25, 0.3) is 0 Å². The van der Waals surface area contributed by atoms with Crippen molar-refractivity contribution in [2.75, 3.05) is 26.7 Å². The second kappa shape index (κ2) is 6.28. The lowest BCUT2D eigenvalue weighted by molar-refractivity contribution is -0.140. The van der Waals surface area contributed by atoms with Crippen molar-refractivity contribution in [1.82, 2.24) is 14.8 Å². The van der Waals surface area contributed by atoms with Gasteiger partial charge in [0.25, 0.3) is 0 Å². The molecule has 0 saturated carbocycles. The van der Waals surface area contributed by atoms with E-state index >= 15 is 0 Å². The van der Waals surface area contributed by atoms with E-state index in [9.17, 15) is 9.59 Å². The number of carbonyl (C=O) groups excluding carboxylic acids is 1. The van der Waals surface area contributed by atoms with Crippen LogP contribution in [0.2, 0.25) is 0 Å². The summed E-state index contributed by atoms with van der Waals surface area (Å²) in [5, 5.41) is 8.90. The molecule has 1 atom stereocenters. The Morgan fingerprint density at radius 3 is 2.74 bits per heavy atom. The quantitative estimate of drug-likeness (QED) is 0.897. The molecule has 0 bridgehead atoms. The summed E-state index contributed by atoms with van der Waals surface area (Å²) < 4.78 is 0. The van der Waals surface area contributed by atoms with Gasteiger partial charge in [-0.15, -0.1) is 0 Å². The second-order valence-corrected chi connectivity index (χ2v) is 6.75. The maximum atomic E-state index is 12.8. The van der Waals surface area contributed by atoms with Gasteiger partial charge in [0.05, 0.1) is 12.0 Å². The average molecular weight is 317 g/mol. The summed E-state index contributed by atoms with van der Waals surface area (Å²) in [5.74, 6) is -0.586. The van der Waals surface area contributed by atoms with Crippen molar-refractivity contribution >= 4 is 11.9 Å². The van der Waals surface area contributed by atoms with Crippen LogP contribution in [0.3, 0.4) is 0 Å². The third kappa shape index (κ3) is 3.22. The van der Waals surface area contributed by atoms with E-state index in [1.54, 1.807) is 6.20 Å². The van der Waals surface area contributed by atoms with Gasteiger partial charge in [0.2, 0.25) is 5.91 Å². The van der Waals surface area contributed by atoms with E-state index in [0.717, 1.165) is 31.4 Å². The number of carboxylic acid groups (broad SMARTS) is 1. The van der Waals surface area contributed by atoms with Crippen LogP contribution in [-0.2, 0) is 16.0 Å². The van der Waals surface area contributed by atoms with Crippen LogP contribution in [-0.4, -0.2) is 64.5 Å². The Morgan fingerprint density at radius 1 is 1.39 bits per heavy atom. The maximum absolute atomic E-state index is 12.8. The standard InChI is InChI=1S/C17H23N3O3/c1-19-14(10-13-4-2-3-7-18-13)11-17(16(19)23)5-8-20(9-6-17)12-15(21)22/h2-4,7,14H,5-6,8-12H2,1H3,(H,21,22). The van der Waals surface area contributed by atoms with E-state index in [-0.39, 0.29) is 23.9 Å². The van der Waals surface area contributed by atoms with Gasteiger partial charge < -0.3 is 10.0 Å². The second-order valence-electron chi connectivity index (χ2n) is 6.75. The first-order valence-corrected chi connectivity index (χ1v) is 8.11. The molecule has 3 heterocycles. The first-order valence-electron chi connectivity index (χ1n) is 8.11. The summed E-state index contributed by atoms with van der Waals surface area (Å²) in [6.07, 6.45) is 4.92. The van der Waals surface area contributed by atoms with Gasteiger partial charge in [0.15, 0.2) is 0 Å². The first kappa shape index (κ1) is 15.9. The number of aromatic nitrogens is 1. The minimum atomic E-state index is -0.802. The molecule has 1 spiro atoms. The zero-order valence-corrected chi connectivity index (χ0v) is 13.4. The summed E-state index contributed by atoms with van der Waals surface area (Å²) in [5.41, 5.74) is 0.709. The lowest BCUT2D eigenvalue weighted by Gasteiger charge is -2.37. The van der Waals surface area contributed by atoms with Gasteiger partial charge in [-0.25, -0.2) is 0 Å². The molecule has 2 aliphatic rings. The summed E-state index contributed by atoms with van der Waals surface area (Å²) >= 11 is 0. The molecule has 1 N–H and O–H groups in total. The van der Waals surface area contributed by atoms with Crippen LogP contribution in [0.4, 0.5) is 0 Å². The van der Waals surface area contributed by atoms with E-state index in [2.05, 4.69) is 4.98 Å². The van der Waals surface area contributed by atoms with Gasteiger partial charge in [-0.05, 0) is 44.5 Å². The van der Waals surface area contributed by atoms with Gasteiger partial charge in [-0.3, -0.25) is 19.5 Å². The minimum Gasteiger partial charge on any atom is -0.480 e. The Kier molecular flexibility index (Phi) is 4.35. The number of pyridine rings is 1. The average Bonchev–Trinajstić information content (AvgIpc) is 2.76. The predicted octanol–water partition coefficient (Wildman–Crippen LogP) is 1.02. The molecule has 0 radical (unpaired) electrons. The third-order valence-corrected chi connectivity index (χ3v) is 5.29. The molecular formula is C17H23N3O3. The van der Waals surface area contributed by atoms with Crippen LogP contribution >= 0.6 is 0 Å². The monoisotopic (exact) mass is 317 g/mol. The number of piperidine rings is 1. The maximum Gasteiger partial charge on any atom is 0.317 e. The molecule has 1 aromatic heterocycles. The normalized spacial score (nSPS) is 24.3. The van der Waals surface area contributed by atoms with Gasteiger partial charge in [-0.2, -0.15) is 0 Å². The Morgan fingerprint density at radius 2 is 2.13 bits per heavy atom. The van der Waals surface area contributed by atoms with Gasteiger partial charge in [0, 0.05) is 31.4 Å². The Bertz CT molecular complexity index is 582. The molecule has 124 valence electrons. The number of rotatable bonds is 4. The Labute approximate surface area is 136 Å². The molecule has 0 aromatic carbocycles. The van der Waals surface area contributed by atoms with Gasteiger partial charge in [0.1, 0.15) is 0 Å². The third-order valence-electron chi connectivity index (χ3n) is 5.29. The largest absolute Gasteiger partial charge is 0.480 e. The van der Waals surface area contributed by atoms with Crippen LogP contribution in [0.5, 0.6) is 0 Å². The molecule has 1 unspecified atom stereocenters. The fourth-order valence-electron chi connectivity index (χ4n) is 3.93. The number of carboxylic acids is 1. The fraction of sp³-hybridized carbons (Fsp3) is 0.588. The molecule has 6 heteroatoms. The lowest BCUT2D eigenvalue weighted by atomic mass is 9.75. The number of amides is 1. The molecule has 1 amide bonds. The van der Waals surface area contributed by atoms with Gasteiger partial charge in [-0.1, -0.05) is 6.07 Å². The van der Waals surface area contributed by atoms with Crippen molar-refractivity contribution in [2.24, 2.45) is 5.41 Å². The number of hydrogen-bond donors (Lipinski definition) is 1. The zero-order valence-electron chi connectivity index (χ0n) is 13.4. The topological polar surface area (TPSA) is 73.7 Å². The molecule has 0 aliphatic carbocycles. The smallest absolute Gasteiger partial charge is 0.317 e. The highest BCUT2D eigenvalue weighted by molar-refractivity contribution is 5.85. The molecule has 1 aromatic rings. The summed E-state index contributed by atoms with van der Waals surface area (Å²) in [6, 6.07) is 6.05. The number of hydrogen-bond acceptors (Lipinski definition) is 4. The van der Waals surface area contributed by atoms with Crippen molar-refractivity contribution in [1.29, 1.82) is 0 Å². The fourth-order valence-corrected chi connectivity index (χ4v) is 3.93. The van der Waals surface area contributed by atoms with Crippen LogP contribution in [0.15, 0.2) is 24.4 Å². The highest BCUT2D eigenvalue weighted by atomic mass is 16.4. The molecule has 6 nitrogen and oxygen atoms in total. The SMILES string of the molecule is CN1C(=O)C2(CCN(CC(=O)O)CC2)CC1Cc1ccccn1. The summed E-state index contributed by atoms with van der Waals surface area (Å²) in [4.78, 5) is 31.8. The lowest BCUT2D eigenvalue weighted by Crippen LogP contribution is -2.45. The van der Waals surface area contributed by atoms with Crippen LogP contribution in [0, 0.1) is 5.41 Å². The molecular weight excluding hydrogens is 294 g/mol. The zero-order chi connectivity index (χ0) is 16.4. The van der Waals surface area contributed by atoms with Crippen molar-refractivity contribution in [3.05, 3.63) is 30.1 Å². The molecule has 2 fully saturated rings. The van der Waals surface area contributed by atoms with Crippen molar-refractivity contribution in [3.8, 4) is 0 Å². The number of likely N-dealkylation sites (N-methyl/N-ethyl adjacent to an activating group) is 1. The summed E-state index contributed by atoms with van der Waals surface area (Å²) in [7, 11) is 1.88. The Hall–Kier alpha value is -1.95. The minimum absolute atomic E-state index is 0.0669. The van der Waals surface area contributed by atoms with E-state index in [1.807, 2.05) is 35.0 Å². The number of likely N-dealkylation sites (tertiary alicyclic amines) is 2. The number of aliphatic carboxylic acids is 1. The Balaban J connectivity index is 1.66. The predicted molar refractivity (Wildman–Crippen MR) is 84.9 cm³/mol. The van der Waals surface area contributed by atoms with E-state index in [0.29, 0.717) is 13.1 Å². The molecule has 3 rings (SSSR count). The van der Waals surface area contributed by atoms with Crippen molar-refractivity contribution in [2.45, 2.75) is 31.7 Å². The van der Waals surface area contributed by atoms with Crippen molar-refractivity contribution in [3.63, 3.8) is 0 Å². The van der Waals surface area contributed by atoms with Gasteiger partial charge >= 0.3 is 5.97 Å². The highest BCUT2D eigenvalue weighted by Gasteiger charge is 2.51.